The second-order valence-corrected chi connectivity index (χ2v) is 4.19. The Morgan fingerprint density at radius 1 is 1.56 bits per heavy atom. The zero-order chi connectivity index (χ0) is 13.0. The van der Waals surface area contributed by atoms with E-state index in [1.807, 2.05) is 23.9 Å². The van der Waals surface area contributed by atoms with Crippen molar-refractivity contribution in [2.45, 2.75) is 19.5 Å². The Bertz CT molecular complexity index is 553. The predicted molar refractivity (Wildman–Crippen MR) is 70.9 cm³/mol. The molecule has 0 amide bonds. The molecule has 1 aromatic heterocycles. The molecule has 0 radical (unpaired) electrons. The maximum Gasteiger partial charge on any atom is 0.0992 e. The molecule has 92 valence electrons. The van der Waals surface area contributed by atoms with E-state index in [-0.39, 0.29) is 6.04 Å². The molecule has 3 N–H and O–H groups in total. The number of nitrogen functional groups attached to an aromatic ring is 1. The molecule has 18 heavy (non-hydrogen) atoms. The average molecular weight is 241 g/mol. The molecule has 1 unspecified atom stereocenters. The van der Waals surface area contributed by atoms with Gasteiger partial charge >= 0.3 is 0 Å². The minimum Gasteiger partial charge on any atom is -0.397 e. The Hall–Kier alpha value is -2.48. The molecule has 0 fully saturated rings. The second kappa shape index (κ2) is 5.23. The Morgan fingerprint density at radius 2 is 2.39 bits per heavy atom. The zero-order valence-electron chi connectivity index (χ0n) is 10.2. The van der Waals surface area contributed by atoms with Crippen molar-refractivity contribution in [1.29, 1.82) is 5.26 Å². The molecule has 1 heterocycles. The first-order valence-electron chi connectivity index (χ1n) is 5.72. The quantitative estimate of drug-likeness (QED) is 0.800. The third-order valence-corrected chi connectivity index (χ3v) is 2.60. The van der Waals surface area contributed by atoms with Crippen LogP contribution in [0.4, 0.5) is 11.4 Å². The highest BCUT2D eigenvalue weighted by atomic mass is 15.3. The first-order chi connectivity index (χ1) is 8.69. The number of nitriles is 1. The van der Waals surface area contributed by atoms with Crippen molar-refractivity contribution in [3.63, 3.8) is 0 Å². The smallest absolute Gasteiger partial charge is 0.0992 e. The summed E-state index contributed by atoms with van der Waals surface area (Å²) in [5.74, 6) is 0. The van der Waals surface area contributed by atoms with E-state index in [9.17, 15) is 0 Å². The molecule has 2 rings (SSSR count). The van der Waals surface area contributed by atoms with Crippen LogP contribution in [0.3, 0.4) is 0 Å². The van der Waals surface area contributed by atoms with Gasteiger partial charge in [-0.1, -0.05) is 0 Å². The SMILES string of the molecule is CC(Cn1cccn1)Nc1cc(C#N)ccc1N. The van der Waals surface area contributed by atoms with E-state index in [0.717, 1.165) is 12.2 Å². The minimum atomic E-state index is 0.168. The van der Waals surface area contributed by atoms with Crippen molar-refractivity contribution in [2.24, 2.45) is 0 Å². The Kier molecular flexibility index (Phi) is 3.49. The number of aromatic nitrogens is 2. The van der Waals surface area contributed by atoms with Gasteiger partial charge in [0.15, 0.2) is 0 Å². The van der Waals surface area contributed by atoms with Crippen LogP contribution >= 0.6 is 0 Å². The summed E-state index contributed by atoms with van der Waals surface area (Å²) in [4.78, 5) is 0. The van der Waals surface area contributed by atoms with Crippen LogP contribution in [0.5, 0.6) is 0 Å². The van der Waals surface area contributed by atoms with E-state index in [2.05, 4.69) is 16.5 Å². The lowest BCUT2D eigenvalue weighted by atomic mass is 10.1. The molecule has 0 saturated heterocycles. The van der Waals surface area contributed by atoms with Gasteiger partial charge < -0.3 is 11.1 Å². The fraction of sp³-hybridized carbons (Fsp3) is 0.231. The van der Waals surface area contributed by atoms with Crippen LogP contribution < -0.4 is 11.1 Å². The summed E-state index contributed by atoms with van der Waals surface area (Å²) in [6.45, 7) is 2.78. The number of benzene rings is 1. The minimum absolute atomic E-state index is 0.168. The van der Waals surface area contributed by atoms with Gasteiger partial charge in [0, 0.05) is 18.4 Å². The largest absolute Gasteiger partial charge is 0.397 e. The number of anilines is 2. The topological polar surface area (TPSA) is 79.7 Å². The summed E-state index contributed by atoms with van der Waals surface area (Å²) in [7, 11) is 0. The first-order valence-corrected chi connectivity index (χ1v) is 5.72. The first kappa shape index (κ1) is 12.0. The van der Waals surface area contributed by atoms with E-state index < -0.39 is 0 Å². The summed E-state index contributed by atoms with van der Waals surface area (Å²) in [5, 5.41) is 16.3. The normalized spacial score (nSPS) is 11.8. The standard InChI is InChI=1S/C13H15N5/c1-10(9-18-6-2-5-16-18)17-13-7-11(8-14)3-4-12(13)15/h2-7,10,17H,9,15H2,1H3. The molecule has 0 aliphatic carbocycles. The summed E-state index contributed by atoms with van der Waals surface area (Å²) < 4.78 is 1.85. The van der Waals surface area contributed by atoms with E-state index in [0.29, 0.717) is 11.3 Å². The summed E-state index contributed by atoms with van der Waals surface area (Å²) >= 11 is 0. The van der Waals surface area contributed by atoms with E-state index in [4.69, 9.17) is 11.0 Å². The Labute approximate surface area is 106 Å². The van der Waals surface area contributed by atoms with Crippen molar-refractivity contribution >= 4 is 11.4 Å². The Morgan fingerprint density at radius 3 is 3.06 bits per heavy atom. The molecule has 5 nitrogen and oxygen atoms in total. The van der Waals surface area contributed by atoms with Crippen molar-refractivity contribution in [3.8, 4) is 6.07 Å². The number of rotatable bonds is 4. The van der Waals surface area contributed by atoms with Crippen LogP contribution in [0.2, 0.25) is 0 Å². The van der Waals surface area contributed by atoms with Crippen molar-refractivity contribution in [2.75, 3.05) is 11.1 Å². The van der Waals surface area contributed by atoms with Gasteiger partial charge in [0.1, 0.15) is 0 Å². The molecule has 0 bridgehead atoms. The highest BCUT2D eigenvalue weighted by Crippen LogP contribution is 2.20. The molecule has 2 aromatic rings. The monoisotopic (exact) mass is 241 g/mol. The zero-order valence-corrected chi connectivity index (χ0v) is 10.2. The van der Waals surface area contributed by atoms with Gasteiger partial charge in [-0.3, -0.25) is 4.68 Å². The molecular weight excluding hydrogens is 226 g/mol. The third-order valence-electron chi connectivity index (χ3n) is 2.60. The summed E-state index contributed by atoms with van der Waals surface area (Å²) in [5.41, 5.74) is 7.89. The molecule has 0 aliphatic heterocycles. The van der Waals surface area contributed by atoms with Gasteiger partial charge in [-0.25, -0.2) is 0 Å². The maximum atomic E-state index is 8.86. The number of hydrogen-bond acceptors (Lipinski definition) is 4. The van der Waals surface area contributed by atoms with Crippen molar-refractivity contribution in [1.82, 2.24) is 9.78 Å². The number of nitrogens with two attached hydrogens (primary N) is 1. The van der Waals surface area contributed by atoms with Crippen LogP contribution in [0.1, 0.15) is 12.5 Å². The fourth-order valence-corrected chi connectivity index (χ4v) is 1.75. The number of nitrogens with zero attached hydrogens (tertiary/aromatic N) is 3. The van der Waals surface area contributed by atoms with Gasteiger partial charge in [0.2, 0.25) is 0 Å². The fourth-order valence-electron chi connectivity index (χ4n) is 1.75. The summed E-state index contributed by atoms with van der Waals surface area (Å²) in [6, 6.07) is 9.36. The van der Waals surface area contributed by atoms with Gasteiger partial charge in [0.05, 0.1) is 29.6 Å². The predicted octanol–water partition coefficient (Wildman–Crippen LogP) is 1.84. The van der Waals surface area contributed by atoms with Crippen molar-refractivity contribution < 1.29 is 0 Å². The van der Waals surface area contributed by atoms with Crippen LogP contribution in [0.25, 0.3) is 0 Å². The maximum absolute atomic E-state index is 8.86. The molecule has 0 spiro atoms. The summed E-state index contributed by atoms with van der Waals surface area (Å²) in [6.07, 6.45) is 3.66. The van der Waals surface area contributed by atoms with Crippen LogP contribution in [0.15, 0.2) is 36.7 Å². The lowest BCUT2D eigenvalue weighted by molar-refractivity contribution is 0.561. The molecule has 5 heteroatoms. The van der Waals surface area contributed by atoms with E-state index >= 15 is 0 Å². The van der Waals surface area contributed by atoms with Crippen LogP contribution in [-0.2, 0) is 6.54 Å². The molecule has 0 saturated carbocycles. The number of hydrogen-bond donors (Lipinski definition) is 2. The number of nitrogens with one attached hydrogen (secondary N) is 1. The average Bonchev–Trinajstić information content (AvgIpc) is 2.84. The second-order valence-electron chi connectivity index (χ2n) is 4.19. The third kappa shape index (κ3) is 2.80. The highest BCUT2D eigenvalue weighted by molar-refractivity contribution is 5.68. The molecular formula is C13H15N5. The van der Waals surface area contributed by atoms with E-state index in [1.54, 1.807) is 24.4 Å². The van der Waals surface area contributed by atoms with Gasteiger partial charge in [0.25, 0.3) is 0 Å². The highest BCUT2D eigenvalue weighted by Gasteiger charge is 2.06. The van der Waals surface area contributed by atoms with Gasteiger partial charge in [-0.05, 0) is 31.2 Å². The van der Waals surface area contributed by atoms with Gasteiger partial charge in [-0.2, -0.15) is 10.4 Å². The van der Waals surface area contributed by atoms with Crippen LogP contribution in [0, 0.1) is 11.3 Å². The molecule has 0 aliphatic rings. The Balaban J connectivity index is 2.07. The lowest BCUT2D eigenvalue weighted by Crippen LogP contribution is -2.22. The molecule has 1 atom stereocenters. The van der Waals surface area contributed by atoms with Gasteiger partial charge in [-0.15, -0.1) is 0 Å². The van der Waals surface area contributed by atoms with E-state index in [1.165, 1.54) is 0 Å². The molecule has 1 aromatic carbocycles. The lowest BCUT2D eigenvalue weighted by Gasteiger charge is -2.17. The van der Waals surface area contributed by atoms with Crippen LogP contribution in [-0.4, -0.2) is 15.8 Å². The van der Waals surface area contributed by atoms with Crippen molar-refractivity contribution in [3.05, 3.63) is 42.2 Å².